The van der Waals surface area contributed by atoms with Gasteiger partial charge in [-0.15, -0.1) is 0 Å². The van der Waals surface area contributed by atoms with Crippen molar-refractivity contribution < 1.29 is 14.3 Å². The molecule has 6 heteroatoms. The van der Waals surface area contributed by atoms with Crippen molar-refractivity contribution in [2.24, 2.45) is 0 Å². The van der Waals surface area contributed by atoms with Crippen molar-refractivity contribution in [2.45, 2.75) is 38.2 Å². The number of hydrogen-bond donors (Lipinski definition) is 0. The number of hydrogen-bond acceptors (Lipinski definition) is 5. The van der Waals surface area contributed by atoms with Gasteiger partial charge in [-0.3, -0.25) is 14.8 Å². The van der Waals surface area contributed by atoms with Crippen molar-refractivity contribution in [1.82, 2.24) is 14.9 Å². The van der Waals surface area contributed by atoms with Crippen LogP contribution in [0.2, 0.25) is 0 Å². The SMILES string of the molecule is COC1=CC=C(CC(=O)N2CCC(Oc3cccnc3-c3ccncc3)CC2)CC1. The zero-order valence-corrected chi connectivity index (χ0v) is 17.3. The summed E-state index contributed by atoms with van der Waals surface area (Å²) < 4.78 is 11.5. The van der Waals surface area contributed by atoms with Gasteiger partial charge in [0.2, 0.25) is 5.91 Å². The molecule has 0 saturated carbocycles. The highest BCUT2D eigenvalue weighted by molar-refractivity contribution is 5.79. The molecule has 6 nitrogen and oxygen atoms in total. The van der Waals surface area contributed by atoms with Crippen LogP contribution in [0.3, 0.4) is 0 Å². The first-order chi connectivity index (χ1) is 14.7. The van der Waals surface area contributed by atoms with Gasteiger partial charge in [0.1, 0.15) is 17.5 Å². The molecule has 1 amide bonds. The van der Waals surface area contributed by atoms with E-state index in [1.54, 1.807) is 25.7 Å². The molecule has 3 heterocycles. The van der Waals surface area contributed by atoms with Crippen LogP contribution in [0.5, 0.6) is 5.75 Å². The molecule has 1 fully saturated rings. The minimum atomic E-state index is 0.0833. The number of carbonyl (C=O) groups excluding carboxylic acids is 1. The highest BCUT2D eigenvalue weighted by atomic mass is 16.5. The van der Waals surface area contributed by atoms with Gasteiger partial charge in [-0.1, -0.05) is 11.6 Å². The standard InChI is InChI=1S/C24H27N3O3/c1-29-20-6-4-18(5-7-20)17-23(28)27-15-10-21(11-16-27)30-22-3-2-12-26-24(22)19-8-13-25-14-9-19/h2-4,6,8-9,12-14,21H,5,7,10-11,15-17H2,1H3. The summed E-state index contributed by atoms with van der Waals surface area (Å²) in [6.07, 6.45) is 13.3. The van der Waals surface area contributed by atoms with E-state index in [2.05, 4.69) is 9.97 Å². The average Bonchev–Trinajstić information content (AvgIpc) is 2.81. The largest absolute Gasteiger partial charge is 0.501 e. The summed E-state index contributed by atoms with van der Waals surface area (Å²) in [5.41, 5.74) is 2.99. The van der Waals surface area contributed by atoms with Gasteiger partial charge in [0.05, 0.1) is 12.9 Å². The first kappa shape index (κ1) is 20.1. The number of amides is 1. The summed E-state index contributed by atoms with van der Waals surface area (Å²) in [6.45, 7) is 1.45. The number of pyridine rings is 2. The van der Waals surface area contributed by atoms with Crippen LogP contribution < -0.4 is 4.74 Å². The number of ether oxygens (including phenoxy) is 2. The molecule has 2 aromatic rings. The van der Waals surface area contributed by atoms with Crippen molar-refractivity contribution in [3.8, 4) is 17.0 Å². The highest BCUT2D eigenvalue weighted by Crippen LogP contribution is 2.30. The predicted octanol–water partition coefficient (Wildman–Crippen LogP) is 4.15. The van der Waals surface area contributed by atoms with Crippen molar-refractivity contribution in [3.63, 3.8) is 0 Å². The van der Waals surface area contributed by atoms with E-state index in [9.17, 15) is 4.79 Å². The molecule has 0 spiro atoms. The number of piperidine rings is 1. The average molecular weight is 405 g/mol. The Bertz CT molecular complexity index is 932. The molecule has 1 aliphatic carbocycles. The van der Waals surface area contributed by atoms with E-state index >= 15 is 0 Å². The van der Waals surface area contributed by atoms with Crippen LogP contribution in [0.1, 0.15) is 32.1 Å². The number of rotatable bonds is 6. The Morgan fingerprint density at radius 3 is 2.60 bits per heavy atom. The van der Waals surface area contributed by atoms with Crippen molar-refractivity contribution in [1.29, 1.82) is 0 Å². The lowest BCUT2D eigenvalue weighted by molar-refractivity contribution is -0.132. The van der Waals surface area contributed by atoms with Crippen LogP contribution in [0, 0.1) is 0 Å². The van der Waals surface area contributed by atoms with E-state index in [1.807, 2.05) is 41.3 Å². The van der Waals surface area contributed by atoms with Crippen LogP contribution >= 0.6 is 0 Å². The Balaban J connectivity index is 1.32. The zero-order chi connectivity index (χ0) is 20.8. The molecule has 30 heavy (non-hydrogen) atoms. The number of methoxy groups -OCH3 is 1. The maximum atomic E-state index is 12.7. The molecule has 2 aromatic heterocycles. The second-order valence-corrected chi connectivity index (χ2v) is 7.62. The lowest BCUT2D eigenvalue weighted by atomic mass is 9.99. The molecule has 4 rings (SSSR count). The van der Waals surface area contributed by atoms with Crippen LogP contribution in [0.15, 0.2) is 66.3 Å². The second-order valence-electron chi connectivity index (χ2n) is 7.62. The highest BCUT2D eigenvalue weighted by Gasteiger charge is 2.25. The van der Waals surface area contributed by atoms with E-state index in [0.717, 1.165) is 61.5 Å². The van der Waals surface area contributed by atoms with Gasteiger partial charge in [0, 0.05) is 62.9 Å². The fraction of sp³-hybridized carbons (Fsp3) is 0.375. The predicted molar refractivity (Wildman–Crippen MR) is 115 cm³/mol. The lowest BCUT2D eigenvalue weighted by Gasteiger charge is -2.33. The summed E-state index contributed by atoms with van der Waals surface area (Å²) >= 11 is 0. The summed E-state index contributed by atoms with van der Waals surface area (Å²) in [7, 11) is 1.69. The molecule has 0 bridgehead atoms. The first-order valence-corrected chi connectivity index (χ1v) is 10.5. The van der Waals surface area contributed by atoms with Gasteiger partial charge < -0.3 is 14.4 Å². The van der Waals surface area contributed by atoms with Crippen LogP contribution in [-0.2, 0) is 9.53 Å². The Hall–Kier alpha value is -3.15. The lowest BCUT2D eigenvalue weighted by Crippen LogP contribution is -2.41. The molecule has 2 aliphatic rings. The molecule has 156 valence electrons. The third kappa shape index (κ3) is 4.87. The monoisotopic (exact) mass is 405 g/mol. The maximum absolute atomic E-state index is 12.7. The van der Waals surface area contributed by atoms with Gasteiger partial charge in [0.25, 0.3) is 0 Å². The molecule has 1 aliphatic heterocycles. The molecule has 0 aromatic carbocycles. The van der Waals surface area contributed by atoms with E-state index in [1.165, 1.54) is 5.57 Å². The Kier molecular flexibility index (Phi) is 6.42. The fourth-order valence-corrected chi connectivity index (χ4v) is 3.90. The topological polar surface area (TPSA) is 64.5 Å². The quantitative estimate of drug-likeness (QED) is 0.722. The molecule has 0 N–H and O–H groups in total. The number of aromatic nitrogens is 2. The Morgan fingerprint density at radius 2 is 1.90 bits per heavy atom. The van der Waals surface area contributed by atoms with Gasteiger partial charge >= 0.3 is 0 Å². The van der Waals surface area contributed by atoms with Crippen LogP contribution in [-0.4, -0.2) is 47.1 Å². The van der Waals surface area contributed by atoms with Crippen molar-refractivity contribution >= 4 is 5.91 Å². The third-order valence-corrected chi connectivity index (χ3v) is 5.65. The zero-order valence-electron chi connectivity index (χ0n) is 17.3. The minimum Gasteiger partial charge on any atom is -0.501 e. The molecule has 1 saturated heterocycles. The van der Waals surface area contributed by atoms with E-state index in [-0.39, 0.29) is 12.0 Å². The number of likely N-dealkylation sites (tertiary alicyclic amines) is 1. The van der Waals surface area contributed by atoms with Crippen LogP contribution in [0.4, 0.5) is 0 Å². The summed E-state index contributed by atoms with van der Waals surface area (Å²) in [5.74, 6) is 1.96. The number of carbonyl (C=O) groups is 1. The van der Waals surface area contributed by atoms with Gasteiger partial charge in [-0.25, -0.2) is 0 Å². The summed E-state index contributed by atoms with van der Waals surface area (Å²) in [6, 6.07) is 7.71. The fourth-order valence-electron chi connectivity index (χ4n) is 3.90. The Labute approximate surface area is 177 Å². The van der Waals surface area contributed by atoms with Crippen molar-refractivity contribution in [3.05, 3.63) is 66.3 Å². The smallest absolute Gasteiger partial charge is 0.226 e. The van der Waals surface area contributed by atoms with E-state index < -0.39 is 0 Å². The van der Waals surface area contributed by atoms with Gasteiger partial charge in [-0.2, -0.15) is 0 Å². The maximum Gasteiger partial charge on any atom is 0.226 e. The third-order valence-electron chi connectivity index (χ3n) is 5.65. The van der Waals surface area contributed by atoms with Gasteiger partial charge in [0.15, 0.2) is 0 Å². The normalized spacial score (nSPS) is 17.2. The Morgan fingerprint density at radius 1 is 1.10 bits per heavy atom. The van der Waals surface area contributed by atoms with E-state index in [0.29, 0.717) is 6.42 Å². The molecular formula is C24H27N3O3. The number of nitrogens with zero attached hydrogens (tertiary/aromatic N) is 3. The summed E-state index contributed by atoms with van der Waals surface area (Å²) in [4.78, 5) is 23.2. The van der Waals surface area contributed by atoms with Crippen LogP contribution in [0.25, 0.3) is 11.3 Å². The number of allylic oxidation sites excluding steroid dienone is 3. The molecule has 0 radical (unpaired) electrons. The minimum absolute atomic E-state index is 0.0833. The van der Waals surface area contributed by atoms with Crippen molar-refractivity contribution in [2.75, 3.05) is 20.2 Å². The van der Waals surface area contributed by atoms with E-state index in [4.69, 9.17) is 9.47 Å². The van der Waals surface area contributed by atoms with Gasteiger partial charge in [-0.05, 0) is 36.8 Å². The molecule has 0 atom stereocenters. The second kappa shape index (κ2) is 9.57. The summed E-state index contributed by atoms with van der Waals surface area (Å²) in [5, 5.41) is 0. The molecular weight excluding hydrogens is 378 g/mol. The molecule has 0 unspecified atom stereocenters. The first-order valence-electron chi connectivity index (χ1n) is 10.5.